The van der Waals surface area contributed by atoms with Gasteiger partial charge in [0.1, 0.15) is 5.82 Å². The minimum absolute atomic E-state index is 0.0175. The van der Waals surface area contributed by atoms with Crippen LogP contribution in [0.25, 0.3) is 0 Å². The Kier molecular flexibility index (Phi) is 9.78. The quantitative estimate of drug-likeness (QED) is 0.407. The van der Waals surface area contributed by atoms with E-state index in [0.29, 0.717) is 34.3 Å². The molecule has 186 valence electrons. The van der Waals surface area contributed by atoms with Crippen LogP contribution in [-0.4, -0.2) is 63.0 Å². The second-order valence-corrected chi connectivity index (χ2v) is 10.7. The van der Waals surface area contributed by atoms with Crippen LogP contribution in [0.1, 0.15) is 30.9 Å². The SMILES string of the molecule is C[C@@H]1C[C@H](Cc2ccccc2F)CN(c2c(Cl)cc(CCCN(C)CCN(C)C)cc2Cl)C1=O. The first-order valence-electron chi connectivity index (χ1n) is 12.0. The van der Waals surface area contributed by atoms with Crippen LogP contribution in [0.2, 0.25) is 10.0 Å². The van der Waals surface area contributed by atoms with Crippen LogP contribution in [0, 0.1) is 17.7 Å². The number of benzene rings is 2. The number of carbonyl (C=O) groups is 1. The highest BCUT2D eigenvalue weighted by Crippen LogP contribution is 2.39. The topological polar surface area (TPSA) is 26.8 Å². The number of rotatable bonds is 10. The first-order chi connectivity index (χ1) is 16.2. The van der Waals surface area contributed by atoms with Crippen molar-refractivity contribution < 1.29 is 9.18 Å². The summed E-state index contributed by atoms with van der Waals surface area (Å²) in [5, 5.41) is 0.992. The summed E-state index contributed by atoms with van der Waals surface area (Å²) < 4.78 is 14.2. The molecule has 0 aliphatic carbocycles. The Balaban J connectivity index is 1.68. The number of aryl methyl sites for hydroxylation is 1. The van der Waals surface area contributed by atoms with Crippen molar-refractivity contribution in [3.63, 3.8) is 0 Å². The Labute approximate surface area is 213 Å². The number of amides is 1. The number of hydrogen-bond acceptors (Lipinski definition) is 3. The third-order valence-corrected chi connectivity index (χ3v) is 7.14. The highest BCUT2D eigenvalue weighted by molar-refractivity contribution is 6.40. The summed E-state index contributed by atoms with van der Waals surface area (Å²) in [6.07, 6.45) is 3.17. The Morgan fingerprint density at radius 3 is 2.38 bits per heavy atom. The van der Waals surface area contributed by atoms with E-state index in [4.69, 9.17) is 23.2 Å². The monoisotopic (exact) mass is 507 g/mol. The van der Waals surface area contributed by atoms with Gasteiger partial charge in [0.05, 0.1) is 15.7 Å². The average molecular weight is 509 g/mol. The summed E-state index contributed by atoms with van der Waals surface area (Å²) >= 11 is 13.4. The lowest BCUT2D eigenvalue weighted by Gasteiger charge is -2.37. The van der Waals surface area contributed by atoms with Crippen molar-refractivity contribution in [2.75, 3.05) is 52.2 Å². The molecule has 0 unspecified atom stereocenters. The molecule has 7 heteroatoms. The molecule has 2 aromatic carbocycles. The summed E-state index contributed by atoms with van der Waals surface area (Å²) in [5.74, 6) is -0.223. The third kappa shape index (κ3) is 7.17. The first-order valence-corrected chi connectivity index (χ1v) is 12.8. The number of anilines is 1. The van der Waals surface area contributed by atoms with Gasteiger partial charge in [-0.15, -0.1) is 0 Å². The van der Waals surface area contributed by atoms with Crippen LogP contribution in [0.4, 0.5) is 10.1 Å². The van der Waals surface area contributed by atoms with Gasteiger partial charge < -0.3 is 14.7 Å². The minimum atomic E-state index is -0.202. The van der Waals surface area contributed by atoms with E-state index in [1.807, 2.05) is 31.2 Å². The maximum atomic E-state index is 14.2. The first kappa shape index (κ1) is 26.9. The van der Waals surface area contributed by atoms with Gasteiger partial charge in [0.25, 0.3) is 0 Å². The van der Waals surface area contributed by atoms with Crippen molar-refractivity contribution in [3.8, 4) is 0 Å². The van der Waals surface area contributed by atoms with Crippen LogP contribution in [0.5, 0.6) is 0 Å². The molecule has 1 amide bonds. The number of carbonyl (C=O) groups excluding carboxylic acids is 1. The molecule has 1 heterocycles. The van der Waals surface area contributed by atoms with Crippen molar-refractivity contribution in [2.45, 2.75) is 32.6 Å². The van der Waals surface area contributed by atoms with Crippen LogP contribution in [-0.2, 0) is 17.6 Å². The molecule has 0 radical (unpaired) electrons. The fraction of sp³-hybridized carbons (Fsp3) is 0.519. The molecule has 0 aromatic heterocycles. The summed E-state index contributed by atoms with van der Waals surface area (Å²) in [5.41, 5.74) is 2.32. The van der Waals surface area contributed by atoms with Gasteiger partial charge in [-0.05, 0) is 88.6 Å². The van der Waals surface area contributed by atoms with Gasteiger partial charge in [-0.3, -0.25) is 4.79 Å². The molecule has 1 saturated heterocycles. The molecule has 34 heavy (non-hydrogen) atoms. The zero-order valence-corrected chi connectivity index (χ0v) is 22.2. The normalized spacial score (nSPS) is 18.9. The molecule has 0 N–H and O–H groups in total. The maximum absolute atomic E-state index is 14.2. The molecule has 2 atom stereocenters. The molecule has 0 bridgehead atoms. The van der Waals surface area contributed by atoms with Crippen molar-refractivity contribution in [1.82, 2.24) is 9.80 Å². The number of nitrogens with zero attached hydrogens (tertiary/aromatic N) is 3. The molecular formula is C27H36Cl2FN3O. The van der Waals surface area contributed by atoms with Crippen molar-refractivity contribution in [2.24, 2.45) is 11.8 Å². The van der Waals surface area contributed by atoms with Gasteiger partial charge in [-0.1, -0.05) is 48.3 Å². The van der Waals surface area contributed by atoms with Crippen LogP contribution < -0.4 is 4.90 Å². The molecule has 1 aliphatic rings. The van der Waals surface area contributed by atoms with Gasteiger partial charge >= 0.3 is 0 Å². The summed E-state index contributed by atoms with van der Waals surface area (Å²) in [7, 11) is 6.29. The van der Waals surface area contributed by atoms with E-state index in [0.717, 1.165) is 44.5 Å². The fourth-order valence-electron chi connectivity index (χ4n) is 4.67. The van der Waals surface area contributed by atoms with Gasteiger partial charge in [0.15, 0.2) is 0 Å². The van der Waals surface area contributed by atoms with E-state index in [9.17, 15) is 9.18 Å². The number of piperidine rings is 1. The lowest BCUT2D eigenvalue weighted by atomic mass is 9.85. The lowest BCUT2D eigenvalue weighted by Crippen LogP contribution is -2.45. The van der Waals surface area contributed by atoms with E-state index in [1.165, 1.54) is 6.07 Å². The van der Waals surface area contributed by atoms with Gasteiger partial charge in [-0.2, -0.15) is 0 Å². The van der Waals surface area contributed by atoms with Crippen molar-refractivity contribution in [3.05, 3.63) is 63.4 Å². The summed E-state index contributed by atoms with van der Waals surface area (Å²) in [6, 6.07) is 10.7. The second-order valence-electron chi connectivity index (χ2n) is 9.87. The van der Waals surface area contributed by atoms with Crippen LogP contribution in [0.3, 0.4) is 0 Å². The van der Waals surface area contributed by atoms with E-state index < -0.39 is 0 Å². The summed E-state index contributed by atoms with van der Waals surface area (Å²) in [4.78, 5) is 19.3. The van der Waals surface area contributed by atoms with Crippen molar-refractivity contribution >= 4 is 34.8 Å². The molecular weight excluding hydrogens is 472 g/mol. The number of halogens is 3. The largest absolute Gasteiger partial charge is 0.309 e. The molecule has 1 aliphatic heterocycles. The molecule has 4 nitrogen and oxygen atoms in total. The van der Waals surface area contributed by atoms with Crippen molar-refractivity contribution in [1.29, 1.82) is 0 Å². The van der Waals surface area contributed by atoms with E-state index in [-0.39, 0.29) is 23.6 Å². The predicted octanol–water partition coefficient (Wildman–Crippen LogP) is 5.79. The highest BCUT2D eigenvalue weighted by atomic mass is 35.5. The zero-order chi connectivity index (χ0) is 24.8. The van der Waals surface area contributed by atoms with Gasteiger partial charge in [0.2, 0.25) is 5.91 Å². The van der Waals surface area contributed by atoms with Crippen LogP contribution >= 0.6 is 23.2 Å². The molecule has 0 saturated carbocycles. The number of hydrogen-bond donors (Lipinski definition) is 0. The molecule has 3 rings (SSSR count). The maximum Gasteiger partial charge on any atom is 0.229 e. The zero-order valence-electron chi connectivity index (χ0n) is 20.7. The van der Waals surface area contributed by atoms with E-state index >= 15 is 0 Å². The summed E-state index contributed by atoms with van der Waals surface area (Å²) in [6.45, 7) is 5.45. The second kappa shape index (κ2) is 12.3. The van der Waals surface area contributed by atoms with Gasteiger partial charge in [-0.25, -0.2) is 4.39 Å². The molecule has 0 spiro atoms. The molecule has 2 aromatic rings. The Morgan fingerprint density at radius 2 is 1.74 bits per heavy atom. The Bertz CT molecular complexity index is 961. The van der Waals surface area contributed by atoms with Crippen LogP contribution in [0.15, 0.2) is 36.4 Å². The smallest absolute Gasteiger partial charge is 0.229 e. The standard InChI is InChI=1S/C27H36Cl2FN3O/c1-19-14-21(15-22-9-5-6-10-25(22)30)18-33(27(19)34)26-23(28)16-20(17-24(26)29)8-7-11-32(4)13-12-31(2)3/h5-6,9-10,16-17,19,21H,7-8,11-15,18H2,1-4H3/t19-,21-/m1/s1. The minimum Gasteiger partial charge on any atom is -0.309 e. The molecule has 1 fully saturated rings. The van der Waals surface area contributed by atoms with Gasteiger partial charge in [0, 0.05) is 25.6 Å². The number of likely N-dealkylation sites (N-methyl/N-ethyl adjacent to an activating group) is 2. The average Bonchev–Trinajstić information content (AvgIpc) is 2.76. The fourth-order valence-corrected chi connectivity index (χ4v) is 5.41. The lowest BCUT2D eigenvalue weighted by molar-refractivity contribution is -0.124. The van der Waals surface area contributed by atoms with E-state index in [2.05, 4.69) is 30.9 Å². The Hall–Kier alpha value is -1.66. The highest BCUT2D eigenvalue weighted by Gasteiger charge is 2.34. The predicted molar refractivity (Wildman–Crippen MR) is 141 cm³/mol. The Morgan fingerprint density at radius 1 is 1.06 bits per heavy atom. The third-order valence-electron chi connectivity index (χ3n) is 6.56. The van der Waals surface area contributed by atoms with E-state index in [1.54, 1.807) is 11.0 Å².